The van der Waals surface area contributed by atoms with Crippen LogP contribution in [0.5, 0.6) is 5.75 Å². The minimum atomic E-state index is -0.253. The van der Waals surface area contributed by atoms with E-state index in [1.165, 1.54) is 0 Å². The van der Waals surface area contributed by atoms with Crippen molar-refractivity contribution in [3.05, 3.63) is 28.2 Å². The standard InChI is InChI=1S/C12H15BrN2O/c1-3-8(7-14)12(15)9-4-5-11(16-2)10(13)6-9/h4-6,8,12H,3,15H2,1-2H3. The quantitative estimate of drug-likeness (QED) is 0.924. The van der Waals surface area contributed by atoms with Gasteiger partial charge in [-0.05, 0) is 40.0 Å². The maximum absolute atomic E-state index is 8.96. The highest BCUT2D eigenvalue weighted by atomic mass is 79.9. The number of hydrogen-bond acceptors (Lipinski definition) is 3. The highest BCUT2D eigenvalue weighted by molar-refractivity contribution is 9.10. The summed E-state index contributed by atoms with van der Waals surface area (Å²) in [5, 5.41) is 8.96. The van der Waals surface area contributed by atoms with Crippen LogP contribution in [-0.2, 0) is 0 Å². The molecular weight excluding hydrogens is 268 g/mol. The minimum Gasteiger partial charge on any atom is -0.496 e. The molecule has 0 aliphatic rings. The van der Waals surface area contributed by atoms with Crippen LogP contribution >= 0.6 is 15.9 Å². The van der Waals surface area contributed by atoms with Gasteiger partial charge in [0.15, 0.2) is 0 Å². The number of benzene rings is 1. The highest BCUT2D eigenvalue weighted by Gasteiger charge is 2.18. The number of nitrogens with two attached hydrogens (primary N) is 1. The lowest BCUT2D eigenvalue weighted by molar-refractivity contribution is 0.411. The van der Waals surface area contributed by atoms with Gasteiger partial charge in [-0.3, -0.25) is 0 Å². The zero-order valence-corrected chi connectivity index (χ0v) is 11.0. The summed E-state index contributed by atoms with van der Waals surface area (Å²) in [6.45, 7) is 1.96. The third kappa shape index (κ3) is 2.75. The molecule has 0 aliphatic heterocycles. The molecule has 0 saturated carbocycles. The molecule has 3 nitrogen and oxygen atoms in total. The van der Waals surface area contributed by atoms with Crippen LogP contribution in [0, 0.1) is 17.2 Å². The molecule has 1 rings (SSSR count). The molecule has 0 spiro atoms. The third-order valence-corrected chi connectivity index (χ3v) is 3.22. The predicted octanol–water partition coefficient (Wildman–Crippen LogP) is 3.01. The molecule has 0 fully saturated rings. The van der Waals surface area contributed by atoms with E-state index in [0.29, 0.717) is 0 Å². The first kappa shape index (κ1) is 13.0. The van der Waals surface area contributed by atoms with Gasteiger partial charge in [-0.15, -0.1) is 0 Å². The normalized spacial score (nSPS) is 13.9. The van der Waals surface area contributed by atoms with Crippen molar-refractivity contribution in [1.29, 1.82) is 5.26 Å². The van der Waals surface area contributed by atoms with Crippen LogP contribution in [0.1, 0.15) is 24.9 Å². The predicted molar refractivity (Wildman–Crippen MR) is 67.0 cm³/mol. The van der Waals surface area contributed by atoms with Crippen LogP contribution in [0.4, 0.5) is 0 Å². The van der Waals surface area contributed by atoms with E-state index in [1.54, 1.807) is 7.11 Å². The SMILES string of the molecule is CCC(C#N)C(N)c1ccc(OC)c(Br)c1. The fourth-order valence-corrected chi connectivity index (χ4v) is 2.11. The molecule has 2 N–H and O–H groups in total. The summed E-state index contributed by atoms with van der Waals surface area (Å²) in [7, 11) is 1.61. The van der Waals surface area contributed by atoms with E-state index >= 15 is 0 Å². The average Bonchev–Trinajstić information content (AvgIpc) is 2.30. The zero-order chi connectivity index (χ0) is 12.1. The molecule has 2 unspecified atom stereocenters. The van der Waals surface area contributed by atoms with Gasteiger partial charge < -0.3 is 10.5 Å². The number of hydrogen-bond donors (Lipinski definition) is 1. The third-order valence-electron chi connectivity index (χ3n) is 2.60. The first-order valence-corrected chi connectivity index (χ1v) is 5.92. The highest BCUT2D eigenvalue weighted by Crippen LogP contribution is 2.30. The number of halogens is 1. The lowest BCUT2D eigenvalue weighted by Gasteiger charge is -2.17. The van der Waals surface area contributed by atoms with Crippen molar-refractivity contribution in [2.24, 2.45) is 11.7 Å². The Labute approximate surface area is 104 Å². The van der Waals surface area contributed by atoms with Gasteiger partial charge in [0.05, 0.1) is 23.6 Å². The molecule has 0 heterocycles. The Morgan fingerprint density at radius 1 is 1.56 bits per heavy atom. The molecule has 86 valence electrons. The van der Waals surface area contributed by atoms with E-state index in [0.717, 1.165) is 22.2 Å². The molecule has 2 atom stereocenters. The molecule has 0 amide bonds. The Morgan fingerprint density at radius 3 is 2.69 bits per heavy atom. The molecule has 16 heavy (non-hydrogen) atoms. The zero-order valence-electron chi connectivity index (χ0n) is 9.40. The van der Waals surface area contributed by atoms with E-state index in [4.69, 9.17) is 15.7 Å². The van der Waals surface area contributed by atoms with Crippen LogP contribution < -0.4 is 10.5 Å². The van der Waals surface area contributed by atoms with Gasteiger partial charge in [0.25, 0.3) is 0 Å². The van der Waals surface area contributed by atoms with Gasteiger partial charge in [-0.2, -0.15) is 5.26 Å². The number of ether oxygens (including phenoxy) is 1. The van der Waals surface area contributed by atoms with E-state index in [2.05, 4.69) is 22.0 Å². The van der Waals surface area contributed by atoms with Gasteiger partial charge in [-0.1, -0.05) is 13.0 Å². The molecular formula is C12H15BrN2O. The topological polar surface area (TPSA) is 59.0 Å². The van der Waals surface area contributed by atoms with Gasteiger partial charge in [0, 0.05) is 6.04 Å². The summed E-state index contributed by atoms with van der Waals surface area (Å²) in [6.07, 6.45) is 0.751. The number of nitrogens with zero attached hydrogens (tertiary/aromatic N) is 1. The van der Waals surface area contributed by atoms with Gasteiger partial charge >= 0.3 is 0 Å². The summed E-state index contributed by atoms with van der Waals surface area (Å²) in [4.78, 5) is 0. The Morgan fingerprint density at radius 2 is 2.25 bits per heavy atom. The molecule has 0 aliphatic carbocycles. The van der Waals surface area contributed by atoms with Crippen LogP contribution in [0.15, 0.2) is 22.7 Å². The lowest BCUT2D eigenvalue weighted by Crippen LogP contribution is -2.19. The summed E-state index contributed by atoms with van der Waals surface area (Å²) in [6, 6.07) is 7.63. The first-order chi connectivity index (χ1) is 7.63. The van der Waals surface area contributed by atoms with Crippen molar-refractivity contribution in [2.75, 3.05) is 7.11 Å². The maximum atomic E-state index is 8.96. The van der Waals surface area contributed by atoms with Gasteiger partial charge in [0.2, 0.25) is 0 Å². The fraction of sp³-hybridized carbons (Fsp3) is 0.417. The Kier molecular flexibility index (Phi) is 4.78. The summed E-state index contributed by atoms with van der Waals surface area (Å²) >= 11 is 3.41. The molecule has 0 radical (unpaired) electrons. The van der Waals surface area contributed by atoms with Crippen LogP contribution in [0.3, 0.4) is 0 Å². The largest absolute Gasteiger partial charge is 0.496 e. The van der Waals surface area contributed by atoms with Gasteiger partial charge in [0.1, 0.15) is 5.75 Å². The monoisotopic (exact) mass is 282 g/mol. The maximum Gasteiger partial charge on any atom is 0.133 e. The van der Waals surface area contributed by atoms with E-state index in [1.807, 2.05) is 25.1 Å². The van der Waals surface area contributed by atoms with Crippen LogP contribution in [-0.4, -0.2) is 7.11 Å². The Bertz CT molecular complexity index is 400. The van der Waals surface area contributed by atoms with E-state index in [9.17, 15) is 0 Å². The van der Waals surface area contributed by atoms with E-state index in [-0.39, 0.29) is 12.0 Å². The first-order valence-electron chi connectivity index (χ1n) is 5.12. The molecule has 0 bridgehead atoms. The summed E-state index contributed by atoms with van der Waals surface area (Å²) in [5.74, 6) is 0.612. The van der Waals surface area contributed by atoms with E-state index < -0.39 is 0 Å². The second-order valence-electron chi connectivity index (χ2n) is 3.56. The Hall–Kier alpha value is -1.05. The lowest BCUT2D eigenvalue weighted by atomic mass is 9.93. The molecule has 0 saturated heterocycles. The molecule has 0 aromatic heterocycles. The van der Waals surface area contributed by atoms with Gasteiger partial charge in [-0.25, -0.2) is 0 Å². The minimum absolute atomic E-state index is 0.153. The molecule has 4 heteroatoms. The van der Waals surface area contributed by atoms with Crippen molar-refractivity contribution in [3.8, 4) is 11.8 Å². The second kappa shape index (κ2) is 5.88. The van der Waals surface area contributed by atoms with Crippen molar-refractivity contribution >= 4 is 15.9 Å². The van der Waals surface area contributed by atoms with Crippen molar-refractivity contribution in [1.82, 2.24) is 0 Å². The van der Waals surface area contributed by atoms with Crippen LogP contribution in [0.2, 0.25) is 0 Å². The number of nitriles is 1. The Balaban J connectivity index is 2.97. The van der Waals surface area contributed by atoms with Crippen molar-refractivity contribution in [3.63, 3.8) is 0 Å². The molecule has 1 aromatic rings. The summed E-state index contributed by atoms with van der Waals surface area (Å²) in [5.41, 5.74) is 6.98. The summed E-state index contributed by atoms with van der Waals surface area (Å²) < 4.78 is 6.00. The van der Waals surface area contributed by atoms with Crippen molar-refractivity contribution in [2.45, 2.75) is 19.4 Å². The molecule has 1 aromatic carbocycles. The smallest absolute Gasteiger partial charge is 0.133 e. The van der Waals surface area contributed by atoms with Crippen LogP contribution in [0.25, 0.3) is 0 Å². The fourth-order valence-electron chi connectivity index (χ4n) is 1.55. The number of methoxy groups -OCH3 is 1. The average molecular weight is 283 g/mol. The van der Waals surface area contributed by atoms with Crippen molar-refractivity contribution < 1.29 is 4.74 Å². The second-order valence-corrected chi connectivity index (χ2v) is 4.42. The number of rotatable bonds is 4.